The van der Waals surface area contributed by atoms with Crippen LogP contribution < -0.4 is 0 Å². The van der Waals surface area contributed by atoms with Crippen LogP contribution in [-0.4, -0.2) is 22.8 Å². The molecule has 0 aliphatic rings. The first-order valence-electron chi connectivity index (χ1n) is 6.05. The number of hydrogen-bond donors (Lipinski definition) is 2. The van der Waals surface area contributed by atoms with Crippen LogP contribution in [-0.2, 0) is 4.79 Å². The number of rotatable bonds is 6. The van der Waals surface area contributed by atoms with Gasteiger partial charge in [-0.25, -0.2) is 0 Å². The molecule has 0 aromatic rings. The van der Waals surface area contributed by atoms with E-state index < -0.39 is 5.97 Å². The highest BCUT2D eigenvalue weighted by Crippen LogP contribution is 2.05. The molecule has 3 heteroatoms. The Balaban J connectivity index is 0. The van der Waals surface area contributed by atoms with Crippen molar-refractivity contribution in [2.45, 2.75) is 53.4 Å². The van der Waals surface area contributed by atoms with Gasteiger partial charge in [0.25, 0.3) is 0 Å². The number of aliphatic hydroxyl groups excluding tert-OH is 1. The minimum Gasteiger partial charge on any atom is -0.481 e. The van der Waals surface area contributed by atoms with Crippen molar-refractivity contribution in [3.8, 4) is 0 Å². The second-order valence-electron chi connectivity index (χ2n) is 4.20. The molecule has 0 saturated heterocycles. The average Bonchev–Trinajstić information content (AvgIpc) is 2.18. The molecule has 0 unspecified atom stereocenters. The predicted octanol–water partition coefficient (Wildman–Crippen LogP) is 3.54. The molecule has 100 valence electrons. The second kappa shape index (κ2) is 13.0. The monoisotopic (exact) mass is 242 g/mol. The number of aliphatic carboxylic acids is 1. The van der Waals surface area contributed by atoms with Gasteiger partial charge in [-0.05, 0) is 40.0 Å². The molecule has 3 nitrogen and oxygen atoms in total. The normalized spacial score (nSPS) is 10.3. The molecule has 0 fully saturated rings. The summed E-state index contributed by atoms with van der Waals surface area (Å²) in [5.74, 6) is -0.711. The SMILES string of the molecule is CC(C)=CCC/C(C)=C/CO.CCCC(=O)O. The molecule has 17 heavy (non-hydrogen) atoms. The van der Waals surface area contributed by atoms with Crippen LogP contribution in [0.25, 0.3) is 0 Å². The zero-order chi connectivity index (χ0) is 13.7. The lowest BCUT2D eigenvalue weighted by Gasteiger charge is -1.96. The van der Waals surface area contributed by atoms with Crippen LogP contribution >= 0.6 is 0 Å². The second-order valence-corrected chi connectivity index (χ2v) is 4.20. The third-order valence-electron chi connectivity index (χ3n) is 1.99. The van der Waals surface area contributed by atoms with Crippen LogP contribution in [0, 0.1) is 0 Å². The van der Waals surface area contributed by atoms with Crippen molar-refractivity contribution in [2.75, 3.05) is 6.61 Å². The summed E-state index contributed by atoms with van der Waals surface area (Å²) >= 11 is 0. The maximum atomic E-state index is 9.60. The van der Waals surface area contributed by atoms with Gasteiger partial charge in [0.05, 0.1) is 6.61 Å². The Morgan fingerprint density at radius 3 is 2.00 bits per heavy atom. The Kier molecular flexibility index (Phi) is 14.0. The van der Waals surface area contributed by atoms with E-state index in [0.29, 0.717) is 6.42 Å². The molecule has 0 bridgehead atoms. The van der Waals surface area contributed by atoms with E-state index in [-0.39, 0.29) is 6.61 Å². The van der Waals surface area contributed by atoms with Gasteiger partial charge in [0.2, 0.25) is 0 Å². The molecule has 0 saturated carbocycles. The van der Waals surface area contributed by atoms with Crippen molar-refractivity contribution in [3.63, 3.8) is 0 Å². The lowest BCUT2D eigenvalue weighted by Crippen LogP contribution is -1.90. The van der Waals surface area contributed by atoms with Crippen LogP contribution in [0.15, 0.2) is 23.3 Å². The van der Waals surface area contributed by atoms with E-state index in [1.165, 1.54) is 11.1 Å². The average molecular weight is 242 g/mol. The first-order valence-corrected chi connectivity index (χ1v) is 6.05. The van der Waals surface area contributed by atoms with E-state index in [0.717, 1.165) is 19.3 Å². The number of aliphatic hydroxyl groups is 1. The molecule has 0 aliphatic heterocycles. The fraction of sp³-hybridized carbons (Fsp3) is 0.643. The van der Waals surface area contributed by atoms with Crippen molar-refractivity contribution < 1.29 is 15.0 Å². The molecule has 0 atom stereocenters. The zero-order valence-electron chi connectivity index (χ0n) is 11.5. The highest BCUT2D eigenvalue weighted by molar-refractivity contribution is 5.66. The maximum Gasteiger partial charge on any atom is 0.303 e. The summed E-state index contributed by atoms with van der Waals surface area (Å²) in [5.41, 5.74) is 2.63. The molecule has 0 spiro atoms. The van der Waals surface area contributed by atoms with E-state index in [1.54, 1.807) is 0 Å². The number of carboxylic acid groups (broad SMARTS) is 1. The Morgan fingerprint density at radius 1 is 1.12 bits per heavy atom. The minimum atomic E-state index is -0.711. The van der Waals surface area contributed by atoms with Crippen molar-refractivity contribution in [1.82, 2.24) is 0 Å². The van der Waals surface area contributed by atoms with Gasteiger partial charge in [-0.15, -0.1) is 0 Å². The summed E-state index contributed by atoms with van der Waals surface area (Å²) in [6.45, 7) is 8.26. The number of carboxylic acids is 1. The summed E-state index contributed by atoms with van der Waals surface area (Å²) in [4.78, 5) is 9.60. The van der Waals surface area contributed by atoms with Gasteiger partial charge in [-0.1, -0.05) is 30.2 Å². The van der Waals surface area contributed by atoms with E-state index in [9.17, 15) is 4.79 Å². The van der Waals surface area contributed by atoms with E-state index in [4.69, 9.17) is 10.2 Å². The lowest BCUT2D eigenvalue weighted by molar-refractivity contribution is -0.137. The number of hydrogen-bond acceptors (Lipinski definition) is 2. The van der Waals surface area contributed by atoms with Crippen LogP contribution in [0.1, 0.15) is 53.4 Å². The van der Waals surface area contributed by atoms with Gasteiger partial charge in [0.15, 0.2) is 0 Å². The van der Waals surface area contributed by atoms with Gasteiger partial charge < -0.3 is 10.2 Å². The lowest BCUT2D eigenvalue weighted by atomic mass is 10.1. The zero-order valence-corrected chi connectivity index (χ0v) is 11.5. The van der Waals surface area contributed by atoms with E-state index in [1.807, 2.05) is 13.0 Å². The Bertz CT molecular complexity index is 248. The third kappa shape index (κ3) is 20.9. The molecule has 0 radical (unpaired) electrons. The first kappa shape index (κ1) is 18.3. The molecule has 0 amide bonds. The maximum absolute atomic E-state index is 9.60. The molecule has 2 N–H and O–H groups in total. The standard InChI is InChI=1S/C10H18O.C4H8O2/c1-9(2)5-4-6-10(3)7-8-11;1-2-3-4(5)6/h5,7,11H,4,6,8H2,1-3H3;2-3H2,1H3,(H,5,6)/b10-7+;. The Labute approximate surface area is 105 Å². The Hall–Kier alpha value is -1.09. The Morgan fingerprint density at radius 2 is 1.71 bits per heavy atom. The summed E-state index contributed by atoms with van der Waals surface area (Å²) in [5, 5.41) is 16.5. The largest absolute Gasteiger partial charge is 0.481 e. The summed E-state index contributed by atoms with van der Waals surface area (Å²) < 4.78 is 0. The van der Waals surface area contributed by atoms with Crippen molar-refractivity contribution >= 4 is 5.97 Å². The van der Waals surface area contributed by atoms with Crippen molar-refractivity contribution in [3.05, 3.63) is 23.3 Å². The summed E-state index contributed by atoms with van der Waals surface area (Å²) in [6, 6.07) is 0. The van der Waals surface area contributed by atoms with Crippen LogP contribution in [0.4, 0.5) is 0 Å². The smallest absolute Gasteiger partial charge is 0.303 e. The highest BCUT2D eigenvalue weighted by atomic mass is 16.4. The van der Waals surface area contributed by atoms with E-state index >= 15 is 0 Å². The molecular formula is C14H26O3. The minimum absolute atomic E-state index is 0.167. The summed E-state index contributed by atoms with van der Waals surface area (Å²) in [7, 11) is 0. The fourth-order valence-electron chi connectivity index (χ4n) is 1.06. The molecule has 0 heterocycles. The number of allylic oxidation sites excluding steroid dienone is 3. The van der Waals surface area contributed by atoms with Crippen molar-refractivity contribution in [1.29, 1.82) is 0 Å². The fourth-order valence-corrected chi connectivity index (χ4v) is 1.06. The van der Waals surface area contributed by atoms with Crippen LogP contribution in [0.2, 0.25) is 0 Å². The van der Waals surface area contributed by atoms with Crippen molar-refractivity contribution in [2.24, 2.45) is 0 Å². The van der Waals surface area contributed by atoms with E-state index in [2.05, 4.69) is 26.8 Å². The molecule has 0 rings (SSSR count). The topological polar surface area (TPSA) is 57.5 Å². The number of carbonyl (C=O) groups is 1. The highest BCUT2D eigenvalue weighted by Gasteiger charge is 1.87. The molecule has 0 aromatic heterocycles. The predicted molar refractivity (Wildman–Crippen MR) is 72.1 cm³/mol. The quantitative estimate of drug-likeness (QED) is 0.700. The first-order chi connectivity index (χ1) is 7.93. The van der Waals surface area contributed by atoms with Crippen LogP contribution in [0.3, 0.4) is 0 Å². The molecule has 0 aromatic carbocycles. The van der Waals surface area contributed by atoms with Gasteiger partial charge in [-0.2, -0.15) is 0 Å². The van der Waals surface area contributed by atoms with Gasteiger partial charge in [0.1, 0.15) is 0 Å². The third-order valence-corrected chi connectivity index (χ3v) is 1.99. The molecular weight excluding hydrogens is 216 g/mol. The van der Waals surface area contributed by atoms with Gasteiger partial charge in [-0.3, -0.25) is 4.79 Å². The van der Waals surface area contributed by atoms with Gasteiger partial charge >= 0.3 is 5.97 Å². The summed E-state index contributed by atoms with van der Waals surface area (Å²) in [6.07, 6.45) is 7.25. The molecule has 0 aliphatic carbocycles. The van der Waals surface area contributed by atoms with Crippen LogP contribution in [0.5, 0.6) is 0 Å². The van der Waals surface area contributed by atoms with Gasteiger partial charge in [0, 0.05) is 6.42 Å².